The van der Waals surface area contributed by atoms with Crippen molar-refractivity contribution < 1.29 is 21.8 Å². The number of benzene rings is 1. The van der Waals surface area contributed by atoms with Crippen LogP contribution in [0.3, 0.4) is 0 Å². The zero-order valence-corrected chi connectivity index (χ0v) is 11.0. The Morgan fingerprint density at radius 3 is 2.50 bits per heavy atom. The second kappa shape index (κ2) is 3.90. The van der Waals surface area contributed by atoms with Crippen LogP contribution in [-0.2, 0) is 18.9 Å². The van der Waals surface area contributed by atoms with Crippen LogP contribution in [0.1, 0.15) is 10.8 Å². The third-order valence-corrected chi connectivity index (χ3v) is 6.35. The smallest absolute Gasteiger partial charge is 0.258 e. The summed E-state index contributed by atoms with van der Waals surface area (Å²) in [5.41, 5.74) is -0.430. The standard InChI is InChI=1S/C8H6ClNO6S2/c9-18(15,16)8-4-17(13,14)7-3-5(10(11)12)1-2-6(7)8/h1-3,8H,4H2/t8-/m0/s1. The molecule has 2 rings (SSSR count). The van der Waals surface area contributed by atoms with Crippen LogP contribution in [-0.4, -0.2) is 27.5 Å². The number of sulfone groups is 1. The Morgan fingerprint density at radius 2 is 2.00 bits per heavy atom. The first-order valence-electron chi connectivity index (χ1n) is 4.57. The predicted molar refractivity (Wildman–Crippen MR) is 62.7 cm³/mol. The molecule has 1 atom stereocenters. The summed E-state index contributed by atoms with van der Waals surface area (Å²) in [6.45, 7) is 0. The number of fused-ring (bicyclic) bond motifs is 1. The average Bonchev–Trinajstić information content (AvgIpc) is 2.50. The van der Waals surface area contributed by atoms with E-state index >= 15 is 0 Å². The van der Waals surface area contributed by atoms with Crippen molar-refractivity contribution in [2.45, 2.75) is 10.1 Å². The van der Waals surface area contributed by atoms with Gasteiger partial charge in [0.2, 0.25) is 9.05 Å². The van der Waals surface area contributed by atoms with E-state index in [1.54, 1.807) is 0 Å². The number of rotatable bonds is 2. The normalized spacial score (nSPS) is 21.5. The molecule has 1 aliphatic heterocycles. The fraction of sp³-hybridized carbons (Fsp3) is 0.250. The molecular weight excluding hydrogens is 306 g/mol. The average molecular weight is 312 g/mol. The lowest BCUT2D eigenvalue weighted by Crippen LogP contribution is -2.09. The van der Waals surface area contributed by atoms with E-state index in [0.717, 1.165) is 18.2 Å². The van der Waals surface area contributed by atoms with Gasteiger partial charge in [-0.15, -0.1) is 0 Å². The van der Waals surface area contributed by atoms with Crippen LogP contribution < -0.4 is 0 Å². The van der Waals surface area contributed by atoms with Crippen molar-refractivity contribution in [2.24, 2.45) is 0 Å². The quantitative estimate of drug-likeness (QED) is 0.457. The molecule has 0 amide bonds. The second-order valence-electron chi connectivity index (χ2n) is 3.72. The Kier molecular flexibility index (Phi) is 2.87. The van der Waals surface area contributed by atoms with Gasteiger partial charge in [0.05, 0.1) is 15.6 Å². The number of halogens is 1. The predicted octanol–water partition coefficient (Wildman–Crippen LogP) is 0.992. The van der Waals surface area contributed by atoms with Crippen LogP contribution in [0.5, 0.6) is 0 Å². The van der Waals surface area contributed by atoms with E-state index < -0.39 is 40.5 Å². The molecule has 0 unspecified atom stereocenters. The molecule has 0 saturated carbocycles. The summed E-state index contributed by atoms with van der Waals surface area (Å²) in [7, 11) is -2.79. The minimum absolute atomic E-state index is 0.0180. The van der Waals surface area contributed by atoms with E-state index in [-0.39, 0.29) is 10.5 Å². The highest BCUT2D eigenvalue weighted by molar-refractivity contribution is 8.14. The van der Waals surface area contributed by atoms with Gasteiger partial charge in [-0.05, 0) is 11.6 Å². The number of nitro groups is 1. The minimum Gasteiger partial charge on any atom is -0.258 e. The Hall–Kier alpha value is -1.19. The summed E-state index contributed by atoms with van der Waals surface area (Å²) in [5.74, 6) is -0.685. The van der Waals surface area contributed by atoms with Gasteiger partial charge in [-0.1, -0.05) is 0 Å². The largest absolute Gasteiger partial charge is 0.270 e. The second-order valence-corrected chi connectivity index (χ2v) is 8.54. The van der Waals surface area contributed by atoms with Crippen molar-refractivity contribution in [3.8, 4) is 0 Å². The minimum atomic E-state index is -4.10. The van der Waals surface area contributed by atoms with Crippen molar-refractivity contribution in [1.29, 1.82) is 0 Å². The van der Waals surface area contributed by atoms with E-state index in [0.29, 0.717) is 0 Å². The van der Waals surface area contributed by atoms with Gasteiger partial charge >= 0.3 is 0 Å². The first-order chi connectivity index (χ1) is 8.13. The van der Waals surface area contributed by atoms with E-state index in [2.05, 4.69) is 0 Å². The summed E-state index contributed by atoms with van der Waals surface area (Å²) >= 11 is 0. The van der Waals surface area contributed by atoms with Crippen molar-refractivity contribution in [2.75, 3.05) is 5.75 Å². The van der Waals surface area contributed by atoms with Crippen molar-refractivity contribution in [3.05, 3.63) is 33.9 Å². The van der Waals surface area contributed by atoms with E-state index in [1.807, 2.05) is 0 Å². The molecule has 0 N–H and O–H groups in total. The third kappa shape index (κ3) is 2.08. The molecule has 1 aromatic rings. The van der Waals surface area contributed by atoms with E-state index in [4.69, 9.17) is 10.7 Å². The molecule has 98 valence electrons. The summed E-state index contributed by atoms with van der Waals surface area (Å²) < 4.78 is 46.0. The van der Waals surface area contributed by atoms with Gasteiger partial charge in [-0.3, -0.25) is 10.1 Å². The highest BCUT2D eigenvalue weighted by Crippen LogP contribution is 2.41. The molecule has 0 radical (unpaired) electrons. The Morgan fingerprint density at radius 1 is 1.39 bits per heavy atom. The monoisotopic (exact) mass is 311 g/mol. The highest BCUT2D eigenvalue weighted by atomic mass is 35.7. The Labute approximate surface area is 107 Å². The number of non-ortho nitro benzene ring substituents is 1. The molecular formula is C8H6ClNO6S2. The molecule has 0 bridgehead atoms. The number of nitro benzene ring substituents is 1. The van der Waals surface area contributed by atoms with Crippen LogP contribution in [0.25, 0.3) is 0 Å². The maximum absolute atomic E-state index is 11.7. The van der Waals surface area contributed by atoms with Crippen LogP contribution in [0.4, 0.5) is 5.69 Å². The fourth-order valence-corrected chi connectivity index (χ4v) is 5.93. The van der Waals surface area contributed by atoms with Gasteiger partial charge in [0.15, 0.2) is 9.84 Å². The van der Waals surface area contributed by atoms with Gasteiger partial charge < -0.3 is 0 Å². The van der Waals surface area contributed by atoms with Crippen molar-refractivity contribution in [1.82, 2.24) is 0 Å². The topological polar surface area (TPSA) is 111 Å². The van der Waals surface area contributed by atoms with Crippen LogP contribution in [0.15, 0.2) is 23.1 Å². The van der Waals surface area contributed by atoms with Gasteiger partial charge in [0.1, 0.15) is 5.25 Å². The maximum Gasteiger partial charge on any atom is 0.270 e. The summed E-state index contributed by atoms with van der Waals surface area (Å²) in [4.78, 5) is 9.46. The SMILES string of the molecule is O=[N+]([O-])c1ccc2c(c1)S(=O)(=O)C[C@@H]2S(=O)(=O)Cl. The zero-order chi connectivity index (χ0) is 13.7. The van der Waals surface area contributed by atoms with Crippen LogP contribution >= 0.6 is 10.7 Å². The van der Waals surface area contributed by atoms with Gasteiger partial charge in [0, 0.05) is 22.8 Å². The molecule has 0 fully saturated rings. The fourth-order valence-electron chi connectivity index (χ4n) is 1.78. The zero-order valence-electron chi connectivity index (χ0n) is 8.61. The number of hydrogen-bond donors (Lipinski definition) is 0. The molecule has 0 aromatic heterocycles. The number of hydrogen-bond acceptors (Lipinski definition) is 6. The lowest BCUT2D eigenvalue weighted by molar-refractivity contribution is -0.385. The summed E-state index contributed by atoms with van der Waals surface area (Å²) in [5, 5.41) is 9.18. The Balaban J connectivity index is 2.72. The maximum atomic E-state index is 11.7. The van der Waals surface area contributed by atoms with Gasteiger partial charge in [-0.25, -0.2) is 16.8 Å². The lowest BCUT2D eigenvalue weighted by Gasteiger charge is -2.04. The van der Waals surface area contributed by atoms with E-state index in [9.17, 15) is 26.9 Å². The summed E-state index contributed by atoms with van der Waals surface area (Å²) in [6.07, 6.45) is 0. The Bertz CT molecular complexity index is 739. The molecule has 18 heavy (non-hydrogen) atoms. The molecule has 0 spiro atoms. The van der Waals surface area contributed by atoms with Crippen molar-refractivity contribution in [3.63, 3.8) is 0 Å². The molecule has 10 heteroatoms. The van der Waals surface area contributed by atoms with Crippen molar-refractivity contribution >= 4 is 35.3 Å². The molecule has 1 aromatic carbocycles. The summed E-state index contributed by atoms with van der Waals surface area (Å²) in [6, 6.07) is 3.02. The third-order valence-electron chi connectivity index (χ3n) is 2.60. The first-order valence-corrected chi connectivity index (χ1v) is 8.60. The molecule has 0 saturated heterocycles. The molecule has 1 heterocycles. The lowest BCUT2D eigenvalue weighted by atomic mass is 10.1. The van der Waals surface area contributed by atoms with Gasteiger partial charge in [0.25, 0.3) is 5.69 Å². The number of nitrogens with zero attached hydrogens (tertiary/aromatic N) is 1. The molecule has 0 aliphatic carbocycles. The first kappa shape index (κ1) is 13.2. The van der Waals surface area contributed by atoms with Gasteiger partial charge in [-0.2, -0.15) is 0 Å². The molecule has 7 nitrogen and oxygen atoms in total. The van der Waals surface area contributed by atoms with Crippen LogP contribution in [0, 0.1) is 10.1 Å². The molecule has 1 aliphatic rings. The van der Waals surface area contributed by atoms with Crippen LogP contribution in [0.2, 0.25) is 0 Å². The van der Waals surface area contributed by atoms with E-state index in [1.165, 1.54) is 0 Å². The highest BCUT2D eigenvalue weighted by Gasteiger charge is 2.42.